The lowest BCUT2D eigenvalue weighted by Crippen LogP contribution is -2.35. The molecule has 0 radical (unpaired) electrons. The van der Waals surface area contributed by atoms with Crippen molar-refractivity contribution < 1.29 is 17.7 Å². The minimum absolute atomic E-state index is 0.00510. The molecule has 8 nitrogen and oxygen atoms in total. The van der Waals surface area contributed by atoms with Crippen LogP contribution in [0.1, 0.15) is 54.0 Å². The van der Waals surface area contributed by atoms with Crippen LogP contribution in [-0.4, -0.2) is 42.5 Å². The summed E-state index contributed by atoms with van der Waals surface area (Å²) in [5.74, 6) is 0.438. The van der Waals surface area contributed by atoms with E-state index in [1.54, 1.807) is 55.5 Å². The highest BCUT2D eigenvalue weighted by atomic mass is 32.2. The number of benzene rings is 2. The molecular weight excluding hydrogens is 428 g/mol. The Morgan fingerprint density at radius 1 is 1.09 bits per heavy atom. The van der Waals surface area contributed by atoms with Gasteiger partial charge in [0.1, 0.15) is 0 Å². The van der Waals surface area contributed by atoms with E-state index in [9.17, 15) is 13.2 Å². The number of aromatic nitrogens is 2. The Kier molecular flexibility index (Phi) is 6.38. The molecule has 0 saturated carbocycles. The second-order valence-electron chi connectivity index (χ2n) is 8.05. The van der Waals surface area contributed by atoms with E-state index in [4.69, 9.17) is 4.52 Å². The van der Waals surface area contributed by atoms with Crippen LogP contribution in [0.15, 0.2) is 57.9 Å². The molecule has 2 aromatic carbocycles. The van der Waals surface area contributed by atoms with Gasteiger partial charge in [-0.15, -0.1) is 0 Å². The standard InChI is InChI=1S/C23H26N4O4S/c1-16-9-11-20(12-10-16)32(29,30)26-17(2)22-24-21(25-31-22)18-7-6-8-19(15-18)23(28)27-13-4-3-5-14-27/h6-12,15,17,26H,3-5,13-14H2,1-2H3/t17-/m1/s1. The molecule has 1 fully saturated rings. The molecule has 9 heteroatoms. The molecular formula is C23H26N4O4S. The molecule has 1 saturated heterocycles. The molecule has 2 heterocycles. The summed E-state index contributed by atoms with van der Waals surface area (Å²) in [7, 11) is -3.74. The number of amides is 1. The van der Waals surface area contributed by atoms with E-state index in [2.05, 4.69) is 14.9 Å². The van der Waals surface area contributed by atoms with Gasteiger partial charge in [0.25, 0.3) is 5.91 Å². The molecule has 168 valence electrons. The Bertz CT molecular complexity index is 1200. The summed E-state index contributed by atoms with van der Waals surface area (Å²) in [4.78, 5) is 19.2. The highest BCUT2D eigenvalue weighted by Crippen LogP contribution is 2.22. The summed E-state index contributed by atoms with van der Waals surface area (Å²) in [5.41, 5.74) is 2.18. The molecule has 32 heavy (non-hydrogen) atoms. The lowest BCUT2D eigenvalue weighted by atomic mass is 10.1. The number of nitrogens with zero attached hydrogens (tertiary/aromatic N) is 3. The van der Waals surface area contributed by atoms with Crippen molar-refractivity contribution in [2.45, 2.75) is 44.0 Å². The lowest BCUT2D eigenvalue weighted by Gasteiger charge is -2.26. The highest BCUT2D eigenvalue weighted by Gasteiger charge is 2.23. The maximum atomic E-state index is 12.8. The van der Waals surface area contributed by atoms with Crippen molar-refractivity contribution in [1.82, 2.24) is 19.8 Å². The average Bonchev–Trinajstić information content (AvgIpc) is 3.30. The molecule has 0 spiro atoms. The molecule has 3 aromatic rings. The first kappa shape index (κ1) is 22.2. The summed E-state index contributed by atoms with van der Waals surface area (Å²) in [6.07, 6.45) is 3.20. The van der Waals surface area contributed by atoms with E-state index >= 15 is 0 Å². The van der Waals surface area contributed by atoms with Gasteiger partial charge >= 0.3 is 0 Å². The minimum atomic E-state index is -3.74. The Morgan fingerprint density at radius 3 is 2.53 bits per heavy atom. The summed E-state index contributed by atoms with van der Waals surface area (Å²) in [6, 6.07) is 13.0. The van der Waals surface area contributed by atoms with Gasteiger partial charge in [-0.25, -0.2) is 8.42 Å². The number of nitrogens with one attached hydrogen (secondary N) is 1. The van der Waals surface area contributed by atoms with Crippen molar-refractivity contribution in [3.63, 3.8) is 0 Å². The van der Waals surface area contributed by atoms with E-state index in [-0.39, 0.29) is 16.7 Å². The van der Waals surface area contributed by atoms with Crippen LogP contribution in [0, 0.1) is 6.92 Å². The van der Waals surface area contributed by atoms with Crippen LogP contribution in [0.3, 0.4) is 0 Å². The zero-order valence-electron chi connectivity index (χ0n) is 18.1. The molecule has 1 aliphatic rings. The topological polar surface area (TPSA) is 105 Å². The molecule has 1 amide bonds. The number of likely N-dealkylation sites (tertiary alicyclic amines) is 1. The Labute approximate surface area is 187 Å². The van der Waals surface area contributed by atoms with Crippen molar-refractivity contribution in [1.29, 1.82) is 0 Å². The summed E-state index contributed by atoms with van der Waals surface area (Å²) in [5, 5.41) is 3.99. The van der Waals surface area contributed by atoms with Gasteiger partial charge in [-0.05, 0) is 57.4 Å². The fraction of sp³-hybridized carbons (Fsp3) is 0.348. The van der Waals surface area contributed by atoms with E-state index in [0.717, 1.165) is 37.9 Å². The first-order valence-corrected chi connectivity index (χ1v) is 12.1. The third-order valence-electron chi connectivity index (χ3n) is 5.49. The fourth-order valence-electron chi connectivity index (χ4n) is 3.67. The maximum absolute atomic E-state index is 12.8. The number of aryl methyl sites for hydroxylation is 1. The number of piperidine rings is 1. The quantitative estimate of drug-likeness (QED) is 0.609. The maximum Gasteiger partial charge on any atom is 0.253 e. The van der Waals surface area contributed by atoms with Gasteiger partial charge < -0.3 is 9.42 Å². The molecule has 1 aromatic heterocycles. The van der Waals surface area contributed by atoms with Gasteiger partial charge in [-0.2, -0.15) is 9.71 Å². The zero-order chi connectivity index (χ0) is 22.7. The van der Waals surface area contributed by atoms with Crippen LogP contribution in [0.5, 0.6) is 0 Å². The third-order valence-corrected chi connectivity index (χ3v) is 7.04. The number of hydrogen-bond acceptors (Lipinski definition) is 6. The highest BCUT2D eigenvalue weighted by molar-refractivity contribution is 7.89. The Balaban J connectivity index is 1.49. The van der Waals surface area contributed by atoms with Crippen molar-refractivity contribution in [2.75, 3.05) is 13.1 Å². The molecule has 4 rings (SSSR count). The van der Waals surface area contributed by atoms with E-state index in [1.165, 1.54) is 0 Å². The van der Waals surface area contributed by atoms with Crippen LogP contribution in [0.2, 0.25) is 0 Å². The molecule has 1 aliphatic heterocycles. The summed E-state index contributed by atoms with van der Waals surface area (Å²) >= 11 is 0. The fourth-order valence-corrected chi connectivity index (χ4v) is 4.86. The summed E-state index contributed by atoms with van der Waals surface area (Å²) < 4.78 is 33.1. The largest absolute Gasteiger partial charge is 0.339 e. The third kappa shape index (κ3) is 4.89. The Hall–Kier alpha value is -3.04. The lowest BCUT2D eigenvalue weighted by molar-refractivity contribution is 0.0724. The van der Waals surface area contributed by atoms with Crippen molar-refractivity contribution in [2.24, 2.45) is 0 Å². The zero-order valence-corrected chi connectivity index (χ0v) is 18.9. The predicted octanol–water partition coefficient (Wildman–Crippen LogP) is 3.71. The van der Waals surface area contributed by atoms with Crippen LogP contribution in [0.25, 0.3) is 11.4 Å². The van der Waals surface area contributed by atoms with Gasteiger partial charge in [0.15, 0.2) is 0 Å². The van der Waals surface area contributed by atoms with Crippen LogP contribution in [0.4, 0.5) is 0 Å². The average molecular weight is 455 g/mol. The first-order chi connectivity index (χ1) is 15.3. The number of sulfonamides is 1. The number of hydrogen-bond donors (Lipinski definition) is 1. The monoisotopic (exact) mass is 454 g/mol. The SMILES string of the molecule is Cc1ccc(S(=O)(=O)N[C@H](C)c2nc(-c3cccc(C(=O)N4CCCCC4)c3)no2)cc1. The number of rotatable bonds is 6. The van der Waals surface area contributed by atoms with E-state index in [1.807, 2.05) is 11.8 Å². The molecule has 1 atom stereocenters. The van der Waals surface area contributed by atoms with Crippen molar-refractivity contribution in [3.05, 3.63) is 65.5 Å². The molecule has 1 N–H and O–H groups in total. The second-order valence-corrected chi connectivity index (χ2v) is 9.76. The number of carbonyl (C=O) groups is 1. The predicted molar refractivity (Wildman–Crippen MR) is 119 cm³/mol. The van der Waals surface area contributed by atoms with Gasteiger partial charge in [0, 0.05) is 24.2 Å². The smallest absolute Gasteiger partial charge is 0.253 e. The van der Waals surface area contributed by atoms with Crippen LogP contribution >= 0.6 is 0 Å². The van der Waals surface area contributed by atoms with E-state index in [0.29, 0.717) is 17.0 Å². The van der Waals surface area contributed by atoms with Crippen LogP contribution < -0.4 is 4.72 Å². The van der Waals surface area contributed by atoms with Gasteiger partial charge in [-0.1, -0.05) is 35.0 Å². The van der Waals surface area contributed by atoms with E-state index < -0.39 is 16.1 Å². The first-order valence-electron chi connectivity index (χ1n) is 10.7. The molecule has 0 bridgehead atoms. The minimum Gasteiger partial charge on any atom is -0.339 e. The van der Waals surface area contributed by atoms with Gasteiger partial charge in [-0.3, -0.25) is 4.79 Å². The summed E-state index contributed by atoms with van der Waals surface area (Å²) in [6.45, 7) is 5.07. The number of carbonyl (C=O) groups excluding carboxylic acids is 1. The second kappa shape index (κ2) is 9.22. The van der Waals surface area contributed by atoms with Crippen molar-refractivity contribution in [3.8, 4) is 11.4 Å². The Morgan fingerprint density at radius 2 is 1.81 bits per heavy atom. The van der Waals surface area contributed by atoms with Gasteiger partial charge in [0.05, 0.1) is 10.9 Å². The normalized spacial score (nSPS) is 15.5. The molecule has 0 unspecified atom stereocenters. The van der Waals surface area contributed by atoms with Crippen molar-refractivity contribution >= 4 is 15.9 Å². The van der Waals surface area contributed by atoms with Crippen LogP contribution in [-0.2, 0) is 10.0 Å². The molecule has 0 aliphatic carbocycles. The van der Waals surface area contributed by atoms with Gasteiger partial charge in [0.2, 0.25) is 21.7 Å².